The van der Waals surface area contributed by atoms with Crippen LogP contribution in [0.5, 0.6) is 5.88 Å². The van der Waals surface area contributed by atoms with Crippen LogP contribution >= 0.6 is 23.6 Å². The number of aryl methyl sites for hydroxylation is 1. The first-order valence-electron chi connectivity index (χ1n) is 8.71. The van der Waals surface area contributed by atoms with Crippen LogP contribution in [0.2, 0.25) is 0 Å². The number of unbranched alkanes of at least 4 members (excludes halogenated alkanes) is 3. The van der Waals surface area contributed by atoms with Crippen LogP contribution in [0.4, 0.5) is 5.69 Å². The highest BCUT2D eigenvalue weighted by molar-refractivity contribution is 7.73. The molecule has 2 aromatic rings. The molecule has 2 rings (SSSR count). The zero-order valence-corrected chi connectivity index (χ0v) is 16.1. The fraction of sp³-hybridized carbons (Fsp3) is 0.474. The number of aromatic hydroxyl groups is 1. The van der Waals surface area contributed by atoms with Crippen molar-refractivity contribution >= 4 is 35.5 Å². The number of aromatic nitrogens is 1. The lowest BCUT2D eigenvalue weighted by atomic mass is 10.1. The zero-order chi connectivity index (χ0) is 17.4. The van der Waals surface area contributed by atoms with Gasteiger partial charge in [0.15, 0.2) is 3.95 Å². The topological polar surface area (TPSA) is 37.5 Å². The maximum atomic E-state index is 10.3. The van der Waals surface area contributed by atoms with E-state index >= 15 is 0 Å². The Balaban J connectivity index is 2.06. The highest BCUT2D eigenvalue weighted by atomic mass is 32.1. The molecule has 0 amide bonds. The van der Waals surface area contributed by atoms with E-state index in [9.17, 15) is 5.11 Å². The van der Waals surface area contributed by atoms with E-state index in [1.807, 2.05) is 16.7 Å². The van der Waals surface area contributed by atoms with E-state index in [-0.39, 0.29) is 5.88 Å². The van der Waals surface area contributed by atoms with Crippen molar-refractivity contribution in [3.05, 3.63) is 38.7 Å². The molecule has 5 heteroatoms. The Bertz CT molecular complexity index is 714. The third-order valence-corrected chi connectivity index (χ3v) is 5.34. The van der Waals surface area contributed by atoms with Gasteiger partial charge in [-0.15, -0.1) is 0 Å². The van der Waals surface area contributed by atoms with Gasteiger partial charge in [0.2, 0.25) is 5.88 Å². The minimum atomic E-state index is 0.240. The Kier molecular flexibility index (Phi) is 7.66. The van der Waals surface area contributed by atoms with E-state index in [4.69, 9.17) is 12.2 Å². The number of aliphatic imine (C=N–C) groups is 1. The second kappa shape index (κ2) is 9.74. The van der Waals surface area contributed by atoms with Gasteiger partial charge in [0, 0.05) is 6.54 Å². The van der Waals surface area contributed by atoms with Crippen LogP contribution in [0.1, 0.15) is 56.4 Å². The SMILES string of the molecule is CCCCCn1c(O)c(C=Nc2ccc(CCCC)cc2)sc1=S. The minimum Gasteiger partial charge on any atom is -0.493 e. The van der Waals surface area contributed by atoms with Crippen LogP contribution in [0.3, 0.4) is 0 Å². The molecule has 0 spiro atoms. The molecular formula is C19H26N2OS2. The van der Waals surface area contributed by atoms with Gasteiger partial charge in [0.25, 0.3) is 0 Å². The van der Waals surface area contributed by atoms with Crippen LogP contribution in [-0.4, -0.2) is 15.9 Å². The lowest BCUT2D eigenvalue weighted by Crippen LogP contribution is -1.97. The molecule has 3 nitrogen and oxygen atoms in total. The first kappa shape index (κ1) is 18.9. The Labute approximate surface area is 153 Å². The zero-order valence-electron chi connectivity index (χ0n) is 14.5. The molecule has 0 unspecified atom stereocenters. The van der Waals surface area contributed by atoms with Gasteiger partial charge >= 0.3 is 0 Å². The summed E-state index contributed by atoms with van der Waals surface area (Å²) in [5.41, 5.74) is 2.24. The molecule has 0 saturated heterocycles. The number of rotatable bonds is 9. The average Bonchev–Trinajstić information content (AvgIpc) is 2.86. The number of hydrogen-bond acceptors (Lipinski definition) is 4. The van der Waals surface area contributed by atoms with E-state index in [0.29, 0.717) is 3.95 Å². The molecule has 0 radical (unpaired) electrons. The van der Waals surface area contributed by atoms with Gasteiger partial charge in [0.1, 0.15) is 4.88 Å². The molecule has 0 aliphatic rings. The molecule has 1 aromatic carbocycles. The standard InChI is InChI=1S/C19H26N2OS2/c1-3-5-7-13-21-18(22)17(24-19(21)23)14-20-16-11-9-15(10-12-16)8-6-4-2/h9-12,14,22H,3-8,13H2,1-2H3. The smallest absolute Gasteiger partial charge is 0.212 e. The second-order valence-electron chi connectivity index (χ2n) is 5.94. The quantitative estimate of drug-likeness (QED) is 0.324. The molecule has 0 saturated carbocycles. The van der Waals surface area contributed by atoms with Gasteiger partial charge < -0.3 is 5.11 Å². The summed E-state index contributed by atoms with van der Waals surface area (Å²) in [6, 6.07) is 8.30. The molecule has 24 heavy (non-hydrogen) atoms. The fourth-order valence-electron chi connectivity index (χ4n) is 2.48. The molecular weight excluding hydrogens is 336 g/mol. The summed E-state index contributed by atoms with van der Waals surface area (Å²) >= 11 is 6.77. The highest BCUT2D eigenvalue weighted by Gasteiger charge is 2.09. The van der Waals surface area contributed by atoms with E-state index in [0.717, 1.165) is 42.8 Å². The Morgan fingerprint density at radius 1 is 1.12 bits per heavy atom. The molecule has 0 aliphatic heterocycles. The summed E-state index contributed by atoms with van der Waals surface area (Å²) in [4.78, 5) is 5.20. The molecule has 0 atom stereocenters. The molecule has 1 N–H and O–H groups in total. The largest absolute Gasteiger partial charge is 0.493 e. The normalized spacial score (nSPS) is 11.4. The van der Waals surface area contributed by atoms with Crippen molar-refractivity contribution in [3.63, 3.8) is 0 Å². The highest BCUT2D eigenvalue weighted by Crippen LogP contribution is 2.26. The molecule has 0 fully saturated rings. The van der Waals surface area contributed by atoms with Crippen molar-refractivity contribution in [1.82, 2.24) is 4.57 Å². The minimum absolute atomic E-state index is 0.240. The maximum absolute atomic E-state index is 10.3. The van der Waals surface area contributed by atoms with Gasteiger partial charge in [-0.2, -0.15) is 0 Å². The third kappa shape index (κ3) is 5.28. The van der Waals surface area contributed by atoms with Gasteiger partial charge in [0.05, 0.1) is 11.9 Å². The molecule has 1 aromatic heterocycles. The number of benzene rings is 1. The van der Waals surface area contributed by atoms with Crippen molar-refractivity contribution < 1.29 is 5.11 Å². The molecule has 0 aliphatic carbocycles. The Hall–Kier alpha value is -1.46. The second-order valence-corrected chi connectivity index (χ2v) is 7.62. The van der Waals surface area contributed by atoms with E-state index in [2.05, 4.69) is 31.0 Å². The van der Waals surface area contributed by atoms with Gasteiger partial charge in [-0.1, -0.05) is 56.6 Å². The first-order chi connectivity index (χ1) is 11.7. The number of hydrogen-bond donors (Lipinski definition) is 1. The van der Waals surface area contributed by atoms with E-state index in [1.165, 1.54) is 29.7 Å². The van der Waals surface area contributed by atoms with Crippen molar-refractivity contribution in [2.45, 2.75) is 58.9 Å². The predicted octanol–water partition coefficient (Wildman–Crippen LogP) is 6.27. The summed E-state index contributed by atoms with van der Waals surface area (Å²) in [6.45, 7) is 5.14. The summed E-state index contributed by atoms with van der Waals surface area (Å²) in [5.74, 6) is 0.240. The Morgan fingerprint density at radius 3 is 2.50 bits per heavy atom. The van der Waals surface area contributed by atoms with Crippen LogP contribution in [0.25, 0.3) is 0 Å². The van der Waals surface area contributed by atoms with Crippen LogP contribution < -0.4 is 0 Å². The van der Waals surface area contributed by atoms with Crippen LogP contribution in [0.15, 0.2) is 29.3 Å². The maximum Gasteiger partial charge on any atom is 0.212 e. The lowest BCUT2D eigenvalue weighted by molar-refractivity contribution is 0.409. The molecule has 1 heterocycles. The summed E-state index contributed by atoms with van der Waals surface area (Å²) in [7, 11) is 0. The lowest BCUT2D eigenvalue weighted by Gasteiger charge is -2.03. The monoisotopic (exact) mass is 362 g/mol. The first-order valence-corrected chi connectivity index (χ1v) is 9.93. The van der Waals surface area contributed by atoms with Gasteiger partial charge in [-0.05, 0) is 49.2 Å². The van der Waals surface area contributed by atoms with Crippen molar-refractivity contribution in [1.29, 1.82) is 0 Å². The Morgan fingerprint density at radius 2 is 1.83 bits per heavy atom. The van der Waals surface area contributed by atoms with E-state index in [1.54, 1.807) is 6.21 Å². The number of thiazole rings is 1. The summed E-state index contributed by atoms with van der Waals surface area (Å²) in [5, 5.41) is 10.3. The van der Waals surface area contributed by atoms with Crippen molar-refractivity contribution in [2.75, 3.05) is 0 Å². The summed E-state index contributed by atoms with van der Waals surface area (Å²) in [6.07, 6.45) is 8.58. The number of nitrogens with zero attached hydrogens (tertiary/aromatic N) is 2. The van der Waals surface area contributed by atoms with E-state index < -0.39 is 0 Å². The fourth-order valence-corrected chi connectivity index (χ4v) is 3.71. The predicted molar refractivity (Wildman–Crippen MR) is 107 cm³/mol. The van der Waals surface area contributed by atoms with Crippen molar-refractivity contribution in [3.8, 4) is 5.88 Å². The van der Waals surface area contributed by atoms with Gasteiger partial charge in [-0.25, -0.2) is 0 Å². The molecule has 0 bridgehead atoms. The third-order valence-electron chi connectivity index (χ3n) is 3.97. The van der Waals surface area contributed by atoms with Crippen LogP contribution in [-0.2, 0) is 13.0 Å². The average molecular weight is 363 g/mol. The summed E-state index contributed by atoms with van der Waals surface area (Å²) < 4.78 is 2.52. The molecule has 130 valence electrons. The van der Waals surface area contributed by atoms with Crippen LogP contribution in [0, 0.1) is 3.95 Å². The van der Waals surface area contributed by atoms with Crippen molar-refractivity contribution in [2.24, 2.45) is 4.99 Å². The van der Waals surface area contributed by atoms with Gasteiger partial charge in [-0.3, -0.25) is 9.56 Å².